The van der Waals surface area contributed by atoms with E-state index in [-0.39, 0.29) is 6.10 Å². The molecule has 0 atom stereocenters. The third-order valence-electron chi connectivity index (χ3n) is 2.54. The van der Waals surface area contributed by atoms with Crippen molar-refractivity contribution in [2.75, 3.05) is 19.8 Å². The molecule has 0 bridgehead atoms. The first kappa shape index (κ1) is 15.7. The summed E-state index contributed by atoms with van der Waals surface area (Å²) < 4.78 is 11.2. The fourth-order valence-electron chi connectivity index (χ4n) is 1.65. The summed E-state index contributed by atoms with van der Waals surface area (Å²) in [6, 6.07) is 8.13. The SMILES string of the molecule is C=CCCOCCNCc1ccccc1OC(C)C. The van der Waals surface area contributed by atoms with Crippen molar-refractivity contribution in [2.24, 2.45) is 0 Å². The summed E-state index contributed by atoms with van der Waals surface area (Å²) in [5, 5.41) is 3.36. The molecule has 0 radical (unpaired) electrons. The van der Waals surface area contributed by atoms with Crippen molar-refractivity contribution in [3.8, 4) is 5.75 Å². The lowest BCUT2D eigenvalue weighted by Gasteiger charge is -2.14. The van der Waals surface area contributed by atoms with Crippen LogP contribution in [-0.4, -0.2) is 25.9 Å². The van der Waals surface area contributed by atoms with Crippen LogP contribution in [0.25, 0.3) is 0 Å². The first-order valence-corrected chi connectivity index (χ1v) is 6.88. The second-order valence-electron chi connectivity index (χ2n) is 4.64. The second-order valence-corrected chi connectivity index (χ2v) is 4.64. The zero-order valence-electron chi connectivity index (χ0n) is 12.0. The topological polar surface area (TPSA) is 30.5 Å². The van der Waals surface area contributed by atoms with Gasteiger partial charge in [-0.15, -0.1) is 6.58 Å². The van der Waals surface area contributed by atoms with Crippen LogP contribution in [0, 0.1) is 0 Å². The zero-order chi connectivity index (χ0) is 13.9. The fraction of sp³-hybridized carbons (Fsp3) is 0.500. The predicted molar refractivity (Wildman–Crippen MR) is 79.5 cm³/mol. The molecule has 0 aromatic heterocycles. The van der Waals surface area contributed by atoms with Crippen LogP contribution in [0.5, 0.6) is 5.75 Å². The smallest absolute Gasteiger partial charge is 0.124 e. The third kappa shape index (κ3) is 6.99. The van der Waals surface area contributed by atoms with Gasteiger partial charge in [0.15, 0.2) is 0 Å². The third-order valence-corrected chi connectivity index (χ3v) is 2.54. The molecule has 0 aliphatic carbocycles. The van der Waals surface area contributed by atoms with E-state index in [0.29, 0.717) is 0 Å². The molecule has 0 amide bonds. The lowest BCUT2D eigenvalue weighted by molar-refractivity contribution is 0.140. The molecule has 0 unspecified atom stereocenters. The second kappa shape index (κ2) is 9.59. The molecule has 3 nitrogen and oxygen atoms in total. The van der Waals surface area contributed by atoms with Gasteiger partial charge in [-0.3, -0.25) is 0 Å². The van der Waals surface area contributed by atoms with E-state index in [1.165, 1.54) is 5.56 Å². The summed E-state index contributed by atoms with van der Waals surface area (Å²) in [5.74, 6) is 0.956. The lowest BCUT2D eigenvalue weighted by Crippen LogP contribution is -2.20. The number of hydrogen-bond donors (Lipinski definition) is 1. The molecule has 1 rings (SSSR count). The number of para-hydroxylation sites is 1. The maximum Gasteiger partial charge on any atom is 0.124 e. The predicted octanol–water partition coefficient (Wildman–Crippen LogP) is 3.16. The van der Waals surface area contributed by atoms with E-state index in [9.17, 15) is 0 Å². The quantitative estimate of drug-likeness (QED) is 0.519. The Morgan fingerprint density at radius 1 is 1.26 bits per heavy atom. The van der Waals surface area contributed by atoms with Gasteiger partial charge in [-0.25, -0.2) is 0 Å². The van der Waals surface area contributed by atoms with E-state index < -0.39 is 0 Å². The van der Waals surface area contributed by atoms with Crippen LogP contribution in [0.15, 0.2) is 36.9 Å². The maximum atomic E-state index is 5.77. The average molecular weight is 263 g/mol. The van der Waals surface area contributed by atoms with Crippen LogP contribution in [0.1, 0.15) is 25.8 Å². The van der Waals surface area contributed by atoms with Crippen LogP contribution < -0.4 is 10.1 Å². The van der Waals surface area contributed by atoms with Crippen LogP contribution in [0.4, 0.5) is 0 Å². The molecule has 0 aliphatic heterocycles. The van der Waals surface area contributed by atoms with Crippen molar-refractivity contribution in [2.45, 2.75) is 32.9 Å². The van der Waals surface area contributed by atoms with Crippen molar-refractivity contribution >= 4 is 0 Å². The van der Waals surface area contributed by atoms with Crippen molar-refractivity contribution in [3.05, 3.63) is 42.5 Å². The molecule has 0 heterocycles. The van der Waals surface area contributed by atoms with E-state index in [1.807, 2.05) is 38.1 Å². The molecule has 0 fully saturated rings. The Labute approximate surface area is 116 Å². The highest BCUT2D eigenvalue weighted by molar-refractivity contribution is 5.33. The van der Waals surface area contributed by atoms with Gasteiger partial charge < -0.3 is 14.8 Å². The molecule has 0 spiro atoms. The highest BCUT2D eigenvalue weighted by atomic mass is 16.5. The molecular weight excluding hydrogens is 238 g/mol. The Balaban J connectivity index is 2.26. The molecule has 1 aromatic rings. The molecule has 1 N–H and O–H groups in total. The van der Waals surface area contributed by atoms with Crippen LogP contribution in [0.2, 0.25) is 0 Å². The normalized spacial score (nSPS) is 10.7. The van der Waals surface area contributed by atoms with Gasteiger partial charge in [0.2, 0.25) is 0 Å². The highest BCUT2D eigenvalue weighted by Gasteiger charge is 2.04. The van der Waals surface area contributed by atoms with Crippen LogP contribution >= 0.6 is 0 Å². The van der Waals surface area contributed by atoms with Crippen molar-refractivity contribution in [1.82, 2.24) is 5.32 Å². The number of ether oxygens (including phenoxy) is 2. The van der Waals surface area contributed by atoms with Gasteiger partial charge in [-0.1, -0.05) is 24.3 Å². The summed E-state index contributed by atoms with van der Waals surface area (Å²) in [7, 11) is 0. The number of rotatable bonds is 10. The van der Waals surface area contributed by atoms with Gasteiger partial charge in [0.25, 0.3) is 0 Å². The zero-order valence-corrected chi connectivity index (χ0v) is 12.0. The molecule has 106 valence electrons. The van der Waals surface area contributed by atoms with Gasteiger partial charge in [-0.05, 0) is 26.3 Å². The van der Waals surface area contributed by atoms with Gasteiger partial charge in [-0.2, -0.15) is 0 Å². The van der Waals surface area contributed by atoms with Gasteiger partial charge in [0.1, 0.15) is 5.75 Å². The molecule has 3 heteroatoms. The Kier molecular flexibility index (Phi) is 7.94. The molecule has 1 aromatic carbocycles. The summed E-state index contributed by atoms with van der Waals surface area (Å²) in [6.45, 7) is 10.8. The Bertz CT molecular complexity index is 364. The largest absolute Gasteiger partial charge is 0.491 e. The fourth-order valence-corrected chi connectivity index (χ4v) is 1.65. The lowest BCUT2D eigenvalue weighted by atomic mass is 10.2. The Morgan fingerprint density at radius 2 is 2.05 bits per heavy atom. The maximum absolute atomic E-state index is 5.77. The first-order valence-electron chi connectivity index (χ1n) is 6.88. The average Bonchev–Trinajstić information content (AvgIpc) is 2.39. The first-order chi connectivity index (χ1) is 9.24. The minimum absolute atomic E-state index is 0.198. The number of benzene rings is 1. The minimum atomic E-state index is 0.198. The summed E-state index contributed by atoms with van der Waals surface area (Å²) in [4.78, 5) is 0. The van der Waals surface area contributed by atoms with Crippen molar-refractivity contribution in [3.63, 3.8) is 0 Å². The monoisotopic (exact) mass is 263 g/mol. The van der Waals surface area contributed by atoms with Crippen LogP contribution in [0.3, 0.4) is 0 Å². The van der Waals surface area contributed by atoms with Crippen molar-refractivity contribution in [1.29, 1.82) is 0 Å². The molecule has 0 saturated carbocycles. The summed E-state index contributed by atoms with van der Waals surface area (Å²) in [5.41, 5.74) is 1.18. The van der Waals surface area contributed by atoms with E-state index in [4.69, 9.17) is 9.47 Å². The number of nitrogens with one attached hydrogen (secondary N) is 1. The summed E-state index contributed by atoms with van der Waals surface area (Å²) >= 11 is 0. The molecule has 0 saturated heterocycles. The molecule has 19 heavy (non-hydrogen) atoms. The summed E-state index contributed by atoms with van der Waals surface area (Å²) in [6.07, 6.45) is 2.97. The van der Waals surface area contributed by atoms with E-state index in [0.717, 1.165) is 38.5 Å². The number of hydrogen-bond acceptors (Lipinski definition) is 3. The van der Waals surface area contributed by atoms with Gasteiger partial charge in [0.05, 0.1) is 19.3 Å². The van der Waals surface area contributed by atoms with Crippen LogP contribution in [-0.2, 0) is 11.3 Å². The molecule has 0 aliphatic rings. The van der Waals surface area contributed by atoms with Crippen molar-refractivity contribution < 1.29 is 9.47 Å². The molecular formula is C16H25NO2. The van der Waals surface area contributed by atoms with Gasteiger partial charge >= 0.3 is 0 Å². The Hall–Kier alpha value is -1.32. The Morgan fingerprint density at radius 3 is 2.79 bits per heavy atom. The highest BCUT2D eigenvalue weighted by Crippen LogP contribution is 2.18. The van der Waals surface area contributed by atoms with E-state index in [1.54, 1.807) is 0 Å². The standard InChI is InChI=1S/C16H25NO2/c1-4-5-11-18-12-10-17-13-15-8-6-7-9-16(15)19-14(2)3/h4,6-9,14,17H,1,5,10-13H2,2-3H3. The van der Waals surface area contributed by atoms with Gasteiger partial charge in [0, 0.05) is 18.7 Å². The van der Waals surface area contributed by atoms with E-state index >= 15 is 0 Å². The minimum Gasteiger partial charge on any atom is -0.491 e. The van der Waals surface area contributed by atoms with E-state index in [2.05, 4.69) is 18.0 Å².